The zero-order valence-electron chi connectivity index (χ0n) is 17.7. The minimum Gasteiger partial charge on any atom is -0.485 e. The molecule has 0 aliphatic carbocycles. The molecular weight excluding hydrogens is 436 g/mol. The van der Waals surface area contributed by atoms with Crippen LogP contribution in [0.2, 0.25) is 0 Å². The molecule has 4 nitrogen and oxygen atoms in total. The molecule has 3 aromatic heterocycles. The van der Waals surface area contributed by atoms with E-state index in [4.69, 9.17) is 18.9 Å². The lowest BCUT2D eigenvalue weighted by molar-refractivity contribution is 0.170. The van der Waals surface area contributed by atoms with Gasteiger partial charge in [-0.05, 0) is 39.3 Å². The molecule has 0 bridgehead atoms. The number of fused-ring (bicyclic) bond motifs is 2. The Morgan fingerprint density at radius 1 is 0.767 bits per heavy atom. The van der Waals surface area contributed by atoms with Crippen LogP contribution in [0.25, 0.3) is 0 Å². The van der Waals surface area contributed by atoms with Crippen molar-refractivity contribution in [3.8, 4) is 23.0 Å². The zero-order valence-corrected chi connectivity index (χ0v) is 20.2. The maximum absolute atomic E-state index is 6.02. The largest absolute Gasteiger partial charge is 0.485 e. The highest BCUT2D eigenvalue weighted by atomic mass is 32.1. The Bertz CT molecular complexity index is 1060. The average Bonchev–Trinajstić information content (AvgIpc) is 3.51. The minimum absolute atomic E-state index is 0.105. The minimum atomic E-state index is -0.148. The first-order valence-electron chi connectivity index (χ1n) is 10.3. The van der Waals surface area contributed by atoms with Crippen molar-refractivity contribution in [2.24, 2.45) is 0 Å². The van der Waals surface area contributed by atoms with Crippen molar-refractivity contribution in [1.29, 1.82) is 0 Å². The summed E-state index contributed by atoms with van der Waals surface area (Å²) in [5, 5.41) is 4.16. The number of thiophene rings is 3. The monoisotopic (exact) mass is 462 g/mol. The fourth-order valence-electron chi connectivity index (χ4n) is 4.07. The number of hydrogen-bond acceptors (Lipinski definition) is 7. The molecule has 0 aromatic carbocycles. The third kappa shape index (κ3) is 3.05. The first-order chi connectivity index (χ1) is 14.4. The molecule has 2 aliphatic heterocycles. The van der Waals surface area contributed by atoms with E-state index in [1.54, 1.807) is 22.7 Å². The van der Waals surface area contributed by atoms with E-state index in [0.29, 0.717) is 26.4 Å². The van der Waals surface area contributed by atoms with Gasteiger partial charge in [0.1, 0.15) is 26.4 Å². The first kappa shape index (κ1) is 20.2. The van der Waals surface area contributed by atoms with Crippen molar-refractivity contribution in [1.82, 2.24) is 0 Å². The van der Waals surface area contributed by atoms with Crippen molar-refractivity contribution in [3.05, 3.63) is 42.4 Å². The molecule has 1 atom stereocenters. The number of ether oxygens (including phenoxy) is 4. The van der Waals surface area contributed by atoms with Gasteiger partial charge in [-0.2, -0.15) is 0 Å². The van der Waals surface area contributed by atoms with Gasteiger partial charge in [-0.1, -0.05) is 6.92 Å². The molecule has 1 unspecified atom stereocenters. The lowest BCUT2D eigenvalue weighted by atomic mass is 9.83. The summed E-state index contributed by atoms with van der Waals surface area (Å²) in [7, 11) is 0. The van der Waals surface area contributed by atoms with Gasteiger partial charge in [0.05, 0.1) is 9.75 Å². The van der Waals surface area contributed by atoms with Crippen LogP contribution in [0.15, 0.2) is 22.9 Å². The molecule has 30 heavy (non-hydrogen) atoms. The van der Waals surface area contributed by atoms with Gasteiger partial charge in [0.2, 0.25) is 0 Å². The second-order valence-electron chi connectivity index (χ2n) is 8.38. The van der Waals surface area contributed by atoms with Crippen LogP contribution < -0.4 is 18.9 Å². The highest BCUT2D eigenvalue weighted by Gasteiger charge is 2.38. The number of hydrogen-bond donors (Lipinski definition) is 0. The van der Waals surface area contributed by atoms with E-state index in [9.17, 15) is 0 Å². The highest BCUT2D eigenvalue weighted by Crippen LogP contribution is 2.53. The average molecular weight is 463 g/mol. The summed E-state index contributed by atoms with van der Waals surface area (Å²) in [6, 6.07) is 4.57. The molecule has 0 spiro atoms. The summed E-state index contributed by atoms with van der Waals surface area (Å²) in [5.41, 5.74) is -0.253. The van der Waals surface area contributed by atoms with Crippen LogP contribution >= 0.6 is 34.0 Å². The van der Waals surface area contributed by atoms with Gasteiger partial charge >= 0.3 is 0 Å². The Morgan fingerprint density at radius 2 is 1.30 bits per heavy atom. The van der Waals surface area contributed by atoms with Crippen molar-refractivity contribution in [2.45, 2.75) is 44.9 Å². The smallest absolute Gasteiger partial charge is 0.176 e. The lowest BCUT2D eigenvalue weighted by Gasteiger charge is -2.29. The Hall–Kier alpha value is -1.70. The molecular formula is C23H26O4S3. The van der Waals surface area contributed by atoms with E-state index >= 15 is 0 Å². The van der Waals surface area contributed by atoms with E-state index in [1.165, 1.54) is 19.5 Å². The Balaban J connectivity index is 1.52. The van der Waals surface area contributed by atoms with Crippen LogP contribution in [0.1, 0.15) is 53.6 Å². The van der Waals surface area contributed by atoms with Gasteiger partial charge in [0.25, 0.3) is 0 Å². The van der Waals surface area contributed by atoms with Gasteiger partial charge in [-0.25, -0.2) is 0 Å². The van der Waals surface area contributed by atoms with Crippen LogP contribution in [0, 0.1) is 0 Å². The third-order valence-electron chi connectivity index (χ3n) is 6.14. The Morgan fingerprint density at radius 3 is 1.93 bits per heavy atom. The summed E-state index contributed by atoms with van der Waals surface area (Å²) in [6.45, 7) is 11.6. The van der Waals surface area contributed by atoms with Crippen LogP contribution in [0.3, 0.4) is 0 Å². The molecule has 0 radical (unpaired) electrons. The van der Waals surface area contributed by atoms with E-state index in [-0.39, 0.29) is 10.8 Å². The predicted molar refractivity (Wildman–Crippen MR) is 124 cm³/mol. The van der Waals surface area contributed by atoms with Crippen molar-refractivity contribution in [3.63, 3.8) is 0 Å². The lowest BCUT2D eigenvalue weighted by Crippen LogP contribution is -2.23. The molecule has 160 valence electrons. The van der Waals surface area contributed by atoms with E-state index in [2.05, 4.69) is 50.6 Å². The zero-order chi connectivity index (χ0) is 20.9. The molecule has 5 rings (SSSR count). The SMILES string of the molecule is CCC(C)(c1ccc(C(C)(C)c2scc3c2OCCO3)s1)c1scc2c1OCCO2. The van der Waals surface area contributed by atoms with Crippen LogP contribution in [0.5, 0.6) is 23.0 Å². The maximum atomic E-state index is 6.02. The van der Waals surface area contributed by atoms with Gasteiger partial charge < -0.3 is 18.9 Å². The van der Waals surface area contributed by atoms with Crippen molar-refractivity contribution >= 4 is 34.0 Å². The predicted octanol–water partition coefficient (Wildman–Crippen LogP) is 6.46. The summed E-state index contributed by atoms with van der Waals surface area (Å²) < 4.78 is 23.6. The summed E-state index contributed by atoms with van der Waals surface area (Å²) in [4.78, 5) is 5.18. The fraction of sp³-hybridized carbons (Fsp3) is 0.478. The van der Waals surface area contributed by atoms with Crippen LogP contribution in [0.4, 0.5) is 0 Å². The molecule has 3 aromatic rings. The highest BCUT2D eigenvalue weighted by molar-refractivity contribution is 7.14. The molecule has 5 heterocycles. The first-order valence-corrected chi connectivity index (χ1v) is 12.9. The molecule has 0 fully saturated rings. The van der Waals surface area contributed by atoms with E-state index in [0.717, 1.165) is 29.4 Å². The van der Waals surface area contributed by atoms with Crippen molar-refractivity contribution < 1.29 is 18.9 Å². The van der Waals surface area contributed by atoms with E-state index in [1.807, 2.05) is 11.3 Å². The Kier molecular flexibility index (Phi) is 5.03. The second kappa shape index (κ2) is 7.46. The molecule has 0 N–H and O–H groups in total. The number of rotatable bonds is 5. The summed E-state index contributed by atoms with van der Waals surface area (Å²) in [5.74, 6) is 3.62. The van der Waals surface area contributed by atoms with Crippen LogP contribution in [-0.4, -0.2) is 26.4 Å². The van der Waals surface area contributed by atoms with Crippen LogP contribution in [-0.2, 0) is 10.8 Å². The maximum Gasteiger partial charge on any atom is 0.176 e. The second-order valence-corrected chi connectivity index (χ2v) is 11.2. The summed E-state index contributed by atoms with van der Waals surface area (Å²) in [6.07, 6.45) is 0.995. The standard InChI is InChI=1S/C23H26O4S3/c1-5-23(4,21-19-15(13-29-21)25-9-11-27-19)17-7-6-16(30-17)22(2,3)20-18-14(12-28-20)24-8-10-26-18/h6-7,12-13H,5,8-11H2,1-4H3. The molecule has 0 saturated carbocycles. The fourth-order valence-corrected chi connectivity index (χ4v) is 7.79. The van der Waals surface area contributed by atoms with Gasteiger partial charge in [-0.15, -0.1) is 34.0 Å². The van der Waals surface area contributed by atoms with Gasteiger partial charge in [0, 0.05) is 31.3 Å². The quantitative estimate of drug-likeness (QED) is 0.436. The normalized spacial score (nSPS) is 17.6. The third-order valence-corrected chi connectivity index (χ3v) is 10.3. The molecule has 0 saturated heterocycles. The topological polar surface area (TPSA) is 36.9 Å². The van der Waals surface area contributed by atoms with E-state index < -0.39 is 0 Å². The molecule has 2 aliphatic rings. The molecule has 7 heteroatoms. The van der Waals surface area contributed by atoms with Gasteiger partial charge in [-0.3, -0.25) is 0 Å². The van der Waals surface area contributed by atoms with Gasteiger partial charge in [0.15, 0.2) is 23.0 Å². The van der Waals surface area contributed by atoms with Crippen molar-refractivity contribution in [2.75, 3.05) is 26.4 Å². The molecule has 0 amide bonds. The Labute approximate surface area is 189 Å². The summed E-state index contributed by atoms with van der Waals surface area (Å²) >= 11 is 5.36.